The Kier molecular flexibility index (Phi) is 6.46. The van der Waals surface area contributed by atoms with E-state index in [9.17, 15) is 9.59 Å². The lowest BCUT2D eigenvalue weighted by molar-refractivity contribution is -0.136. The maximum absolute atomic E-state index is 13.1. The number of rotatable bonds is 7. The number of carbonyl (C=O) groups is 2. The lowest BCUT2D eigenvalue weighted by Crippen LogP contribution is -2.31. The van der Waals surface area contributed by atoms with Gasteiger partial charge in [0.15, 0.2) is 6.61 Å². The monoisotopic (exact) mass is 489 g/mol. The lowest BCUT2D eigenvalue weighted by Gasteiger charge is -2.20. The predicted octanol–water partition coefficient (Wildman–Crippen LogP) is 5.53. The van der Waals surface area contributed by atoms with Crippen LogP contribution in [0.25, 0.3) is 0 Å². The smallest absolute Gasteiger partial charge is 0.342 e. The molecular weight excluding hydrogens is 470 g/mol. The molecule has 0 saturated carbocycles. The number of para-hydroxylation sites is 1. The summed E-state index contributed by atoms with van der Waals surface area (Å²) in [7, 11) is 0. The fourth-order valence-corrected chi connectivity index (χ4v) is 5.10. The van der Waals surface area contributed by atoms with Gasteiger partial charge in [0.25, 0.3) is 5.91 Å². The third kappa shape index (κ3) is 4.75. The van der Waals surface area contributed by atoms with Gasteiger partial charge in [0.1, 0.15) is 17.1 Å². The number of aromatic nitrogens is 1. The molecule has 4 heterocycles. The molecule has 5 rings (SSSR count). The van der Waals surface area contributed by atoms with Crippen molar-refractivity contribution in [2.45, 2.75) is 12.5 Å². The van der Waals surface area contributed by atoms with Crippen molar-refractivity contribution in [2.75, 3.05) is 6.61 Å². The fourth-order valence-electron chi connectivity index (χ4n) is 3.56. The van der Waals surface area contributed by atoms with Gasteiger partial charge in [0.2, 0.25) is 0 Å². The van der Waals surface area contributed by atoms with Gasteiger partial charge >= 0.3 is 5.97 Å². The molecule has 1 aromatic carbocycles. The number of hydrogen-bond donors (Lipinski definition) is 0. The van der Waals surface area contributed by atoms with Crippen LogP contribution in [0, 0.1) is 0 Å². The zero-order valence-corrected chi connectivity index (χ0v) is 19.5. The Balaban J connectivity index is 1.30. The zero-order valence-electron chi connectivity index (χ0n) is 17.9. The summed E-state index contributed by atoms with van der Waals surface area (Å²) >= 11 is 3.15. The summed E-state index contributed by atoms with van der Waals surface area (Å²) in [6, 6.07) is 17.9. The van der Waals surface area contributed by atoms with E-state index in [0.717, 1.165) is 15.5 Å². The molecule has 0 aliphatic carbocycles. The van der Waals surface area contributed by atoms with Crippen LogP contribution in [0.5, 0.6) is 11.5 Å². The van der Waals surface area contributed by atoms with Crippen molar-refractivity contribution in [3.8, 4) is 11.5 Å². The van der Waals surface area contributed by atoms with E-state index in [1.54, 1.807) is 71.5 Å². The van der Waals surface area contributed by atoms with Gasteiger partial charge in [-0.1, -0.05) is 24.3 Å². The maximum Gasteiger partial charge on any atom is 0.342 e. The van der Waals surface area contributed by atoms with Crippen LogP contribution in [0.4, 0.5) is 0 Å². The second kappa shape index (κ2) is 9.98. The number of hydrogen-bond acceptors (Lipinski definition) is 8. The van der Waals surface area contributed by atoms with E-state index < -0.39 is 12.6 Å². The summed E-state index contributed by atoms with van der Waals surface area (Å²) in [5.41, 5.74) is 1.07. The van der Waals surface area contributed by atoms with Crippen molar-refractivity contribution < 1.29 is 19.1 Å². The van der Waals surface area contributed by atoms with Crippen LogP contribution in [-0.4, -0.2) is 34.2 Å². The summed E-state index contributed by atoms with van der Waals surface area (Å²) in [5, 5.41) is 9.98. The topological polar surface area (TPSA) is 81.1 Å². The minimum absolute atomic E-state index is 0.218. The van der Waals surface area contributed by atoms with E-state index in [4.69, 9.17) is 9.47 Å². The Labute approximate surface area is 203 Å². The van der Waals surface area contributed by atoms with Crippen molar-refractivity contribution in [3.05, 3.63) is 99.1 Å². The molecule has 0 bridgehead atoms. The third-order valence-corrected chi connectivity index (χ3v) is 7.03. The van der Waals surface area contributed by atoms with E-state index in [1.807, 2.05) is 35.0 Å². The van der Waals surface area contributed by atoms with Crippen LogP contribution in [0.15, 0.2) is 88.9 Å². The average Bonchev–Trinajstić information content (AvgIpc) is 3.64. The molecule has 0 radical (unpaired) electrons. The molecule has 1 aliphatic heterocycles. The SMILES string of the molecule is O=C(OCC(=O)N1N=C(c2cccs2)CC1c1cccs1)c1ccccc1Oc1cccnc1. The fraction of sp³-hybridized carbons (Fsp3) is 0.120. The number of benzene rings is 1. The van der Waals surface area contributed by atoms with E-state index >= 15 is 0 Å². The number of esters is 1. The summed E-state index contributed by atoms with van der Waals surface area (Å²) in [5.74, 6) is -0.222. The average molecular weight is 490 g/mol. The molecule has 1 atom stereocenters. The van der Waals surface area contributed by atoms with Crippen LogP contribution in [-0.2, 0) is 9.53 Å². The highest BCUT2D eigenvalue weighted by atomic mass is 32.1. The Bertz CT molecular complexity index is 1310. The predicted molar refractivity (Wildman–Crippen MR) is 130 cm³/mol. The van der Waals surface area contributed by atoms with Crippen LogP contribution in [0.3, 0.4) is 0 Å². The number of hydrazone groups is 1. The minimum Gasteiger partial charge on any atom is -0.455 e. The molecule has 0 spiro atoms. The van der Waals surface area contributed by atoms with E-state index in [-0.39, 0.29) is 17.5 Å². The molecule has 1 amide bonds. The first-order valence-corrected chi connectivity index (χ1v) is 12.3. The first-order valence-electron chi connectivity index (χ1n) is 10.5. The molecule has 34 heavy (non-hydrogen) atoms. The number of thiophene rings is 2. The minimum atomic E-state index is -0.651. The van der Waals surface area contributed by atoms with Crippen LogP contribution in [0.1, 0.15) is 32.6 Å². The van der Waals surface area contributed by atoms with E-state index in [1.165, 1.54) is 5.01 Å². The molecule has 3 aromatic heterocycles. The summed E-state index contributed by atoms with van der Waals surface area (Å²) in [6.45, 7) is -0.427. The quantitative estimate of drug-likeness (QED) is 0.319. The highest BCUT2D eigenvalue weighted by Crippen LogP contribution is 2.36. The first kappa shape index (κ1) is 22.0. The van der Waals surface area contributed by atoms with Crippen LogP contribution < -0.4 is 4.74 Å². The van der Waals surface area contributed by atoms with E-state index in [2.05, 4.69) is 10.1 Å². The molecule has 170 valence electrons. The van der Waals surface area contributed by atoms with Gasteiger partial charge in [0.05, 0.1) is 22.8 Å². The van der Waals surface area contributed by atoms with Gasteiger partial charge in [-0.25, -0.2) is 9.80 Å². The Morgan fingerprint density at radius 2 is 1.85 bits per heavy atom. The van der Waals surface area contributed by atoms with Crippen molar-refractivity contribution in [2.24, 2.45) is 5.10 Å². The molecule has 0 N–H and O–H groups in total. The van der Waals surface area contributed by atoms with Crippen LogP contribution >= 0.6 is 22.7 Å². The molecule has 0 fully saturated rings. The van der Waals surface area contributed by atoms with Gasteiger partial charge < -0.3 is 9.47 Å². The van der Waals surface area contributed by atoms with Gasteiger partial charge in [0, 0.05) is 17.5 Å². The van der Waals surface area contributed by atoms with Crippen molar-refractivity contribution in [3.63, 3.8) is 0 Å². The number of nitrogens with zero attached hydrogens (tertiary/aromatic N) is 3. The van der Waals surface area contributed by atoms with Gasteiger partial charge in [-0.3, -0.25) is 9.78 Å². The second-order valence-electron chi connectivity index (χ2n) is 7.36. The lowest BCUT2D eigenvalue weighted by atomic mass is 10.1. The Morgan fingerprint density at radius 1 is 1.00 bits per heavy atom. The largest absolute Gasteiger partial charge is 0.455 e. The standard InChI is InChI=1S/C25H19N3O4S2/c29-24(28-20(23-10-5-13-34-23)14-19(27-28)22-9-4-12-33-22)16-31-25(30)18-7-1-2-8-21(18)32-17-6-3-11-26-15-17/h1-13,15,20H,14,16H2. The molecule has 0 saturated heterocycles. The highest BCUT2D eigenvalue weighted by Gasteiger charge is 2.34. The Hall–Kier alpha value is -3.82. The van der Waals surface area contributed by atoms with Crippen LogP contribution in [0.2, 0.25) is 0 Å². The van der Waals surface area contributed by atoms with Crippen molar-refractivity contribution in [1.29, 1.82) is 0 Å². The number of carbonyl (C=O) groups excluding carboxylic acids is 2. The highest BCUT2D eigenvalue weighted by molar-refractivity contribution is 7.12. The van der Waals surface area contributed by atoms with E-state index in [0.29, 0.717) is 17.9 Å². The van der Waals surface area contributed by atoms with Gasteiger partial charge in [-0.05, 0) is 47.2 Å². The number of ether oxygens (including phenoxy) is 2. The molecular formula is C25H19N3O4S2. The normalized spacial score (nSPS) is 15.1. The number of pyridine rings is 1. The maximum atomic E-state index is 13.1. The molecule has 1 aliphatic rings. The van der Waals surface area contributed by atoms with Gasteiger partial charge in [-0.15, -0.1) is 22.7 Å². The molecule has 9 heteroatoms. The molecule has 4 aromatic rings. The Morgan fingerprint density at radius 3 is 2.62 bits per heavy atom. The van der Waals surface area contributed by atoms with Crippen molar-refractivity contribution in [1.82, 2.24) is 9.99 Å². The second-order valence-corrected chi connectivity index (χ2v) is 9.29. The summed E-state index contributed by atoms with van der Waals surface area (Å²) in [6.07, 6.45) is 3.79. The zero-order chi connectivity index (χ0) is 23.3. The third-order valence-electron chi connectivity index (χ3n) is 5.14. The molecule has 1 unspecified atom stereocenters. The van der Waals surface area contributed by atoms with Gasteiger partial charge in [-0.2, -0.15) is 5.10 Å². The number of amides is 1. The molecule has 7 nitrogen and oxygen atoms in total. The van der Waals surface area contributed by atoms with Crippen molar-refractivity contribution >= 4 is 40.3 Å². The summed E-state index contributed by atoms with van der Waals surface area (Å²) < 4.78 is 11.2. The summed E-state index contributed by atoms with van der Waals surface area (Å²) in [4.78, 5) is 32.0. The first-order chi connectivity index (χ1) is 16.7.